The Bertz CT molecular complexity index is 1260. The van der Waals surface area contributed by atoms with Gasteiger partial charge in [0.2, 0.25) is 0 Å². The molecule has 0 saturated heterocycles. The average Bonchev–Trinajstić information content (AvgIpc) is 3.39. The fourth-order valence-electron chi connectivity index (χ4n) is 4.12. The Kier molecular flexibility index (Phi) is 4.15. The largest absolute Gasteiger partial charge is 0.361 e. The van der Waals surface area contributed by atoms with Crippen LogP contribution in [0.15, 0.2) is 85.2 Å². The highest BCUT2D eigenvalue weighted by Crippen LogP contribution is 2.39. The maximum Gasteiger partial charge on any atom is 0.274 e. The molecule has 0 atom stereocenters. The SMILES string of the molecule is O=C(NO)c1cccc(C(c2c[nH]c3ccccc23)c2c[nH]c3ccccc23)c1. The van der Waals surface area contributed by atoms with Crippen LogP contribution in [0.5, 0.6) is 0 Å². The van der Waals surface area contributed by atoms with Crippen LogP contribution in [0.4, 0.5) is 0 Å². The summed E-state index contributed by atoms with van der Waals surface area (Å²) in [5.74, 6) is -0.614. The molecule has 0 aliphatic carbocycles. The van der Waals surface area contributed by atoms with Gasteiger partial charge in [-0.2, -0.15) is 0 Å². The number of fused-ring (bicyclic) bond motifs is 2. The Hall–Kier alpha value is -3.83. The fourth-order valence-corrected chi connectivity index (χ4v) is 4.12. The summed E-state index contributed by atoms with van der Waals surface area (Å²) in [5.41, 5.74) is 7.50. The van der Waals surface area contributed by atoms with E-state index in [9.17, 15) is 4.79 Å². The van der Waals surface area contributed by atoms with Crippen LogP contribution in [0.1, 0.15) is 33.0 Å². The van der Waals surface area contributed by atoms with Crippen molar-refractivity contribution in [3.63, 3.8) is 0 Å². The Morgan fingerprint density at radius 2 is 1.38 bits per heavy atom. The molecule has 0 saturated carbocycles. The number of rotatable bonds is 4. The van der Waals surface area contributed by atoms with E-state index in [2.05, 4.69) is 34.2 Å². The molecular weight excluding hydrogens is 362 g/mol. The number of aromatic amines is 2. The first-order valence-corrected chi connectivity index (χ1v) is 9.42. The van der Waals surface area contributed by atoms with E-state index in [1.54, 1.807) is 11.5 Å². The zero-order valence-electron chi connectivity index (χ0n) is 15.5. The summed E-state index contributed by atoms with van der Waals surface area (Å²) in [4.78, 5) is 18.7. The molecular formula is C24H19N3O2. The summed E-state index contributed by atoms with van der Waals surface area (Å²) in [6.45, 7) is 0. The van der Waals surface area contributed by atoms with Gasteiger partial charge in [0.05, 0.1) is 0 Å². The van der Waals surface area contributed by atoms with Crippen molar-refractivity contribution < 1.29 is 10.0 Å². The van der Waals surface area contributed by atoms with Crippen LogP contribution < -0.4 is 5.48 Å². The minimum atomic E-state index is -0.525. The number of amides is 1. The van der Waals surface area contributed by atoms with Crippen molar-refractivity contribution in [3.05, 3.63) is 107 Å². The zero-order chi connectivity index (χ0) is 19.8. The molecule has 3 aromatic carbocycles. The molecule has 0 spiro atoms. The molecule has 0 fully saturated rings. The molecule has 1 amide bonds. The van der Waals surface area contributed by atoms with Crippen molar-refractivity contribution in [2.75, 3.05) is 0 Å². The first-order chi connectivity index (χ1) is 14.3. The first-order valence-electron chi connectivity index (χ1n) is 9.42. The average molecular weight is 381 g/mol. The van der Waals surface area contributed by atoms with Crippen molar-refractivity contribution in [1.82, 2.24) is 15.4 Å². The van der Waals surface area contributed by atoms with E-state index in [0.717, 1.165) is 38.5 Å². The van der Waals surface area contributed by atoms with Crippen LogP contribution in [-0.2, 0) is 0 Å². The third kappa shape index (κ3) is 2.88. The van der Waals surface area contributed by atoms with Crippen molar-refractivity contribution in [3.8, 4) is 0 Å². The Balaban J connectivity index is 1.77. The smallest absolute Gasteiger partial charge is 0.274 e. The lowest BCUT2D eigenvalue weighted by molar-refractivity contribution is 0.0706. The summed E-state index contributed by atoms with van der Waals surface area (Å²) < 4.78 is 0. The van der Waals surface area contributed by atoms with Crippen molar-refractivity contribution >= 4 is 27.7 Å². The number of carbonyl (C=O) groups excluding carboxylic acids is 1. The number of H-pyrrole nitrogens is 2. The van der Waals surface area contributed by atoms with Crippen LogP contribution in [0.2, 0.25) is 0 Å². The summed E-state index contributed by atoms with van der Waals surface area (Å²) in [7, 11) is 0. The van der Waals surface area contributed by atoms with Gasteiger partial charge in [-0.25, -0.2) is 5.48 Å². The van der Waals surface area contributed by atoms with E-state index in [-0.39, 0.29) is 5.92 Å². The molecule has 4 N–H and O–H groups in total. The monoisotopic (exact) mass is 381 g/mol. The second-order valence-corrected chi connectivity index (χ2v) is 7.08. The zero-order valence-corrected chi connectivity index (χ0v) is 15.5. The molecule has 5 aromatic rings. The molecule has 0 aliphatic rings. The second kappa shape index (κ2) is 6.96. The molecule has 0 unspecified atom stereocenters. The third-order valence-electron chi connectivity index (χ3n) is 5.45. The third-order valence-corrected chi connectivity index (χ3v) is 5.45. The van der Waals surface area contributed by atoms with Gasteiger partial charge in [0.1, 0.15) is 0 Å². The molecule has 0 radical (unpaired) electrons. The molecule has 2 heterocycles. The van der Waals surface area contributed by atoms with Crippen LogP contribution in [0, 0.1) is 0 Å². The van der Waals surface area contributed by atoms with E-state index in [4.69, 9.17) is 5.21 Å². The Labute approximate surface area is 167 Å². The van der Waals surface area contributed by atoms with E-state index in [1.165, 1.54) is 0 Å². The van der Waals surface area contributed by atoms with E-state index < -0.39 is 5.91 Å². The predicted octanol–water partition coefficient (Wildman–Crippen LogP) is 4.95. The van der Waals surface area contributed by atoms with Gasteiger partial charge >= 0.3 is 0 Å². The maximum atomic E-state index is 12.0. The van der Waals surface area contributed by atoms with Gasteiger partial charge in [-0.15, -0.1) is 0 Å². The topological polar surface area (TPSA) is 80.9 Å². The summed E-state index contributed by atoms with van der Waals surface area (Å²) in [5, 5.41) is 11.3. The molecule has 5 rings (SSSR count). The molecule has 2 aromatic heterocycles. The lowest BCUT2D eigenvalue weighted by Crippen LogP contribution is -2.18. The van der Waals surface area contributed by atoms with Crippen LogP contribution in [-0.4, -0.2) is 21.1 Å². The number of aromatic nitrogens is 2. The van der Waals surface area contributed by atoms with E-state index in [1.807, 2.05) is 54.9 Å². The minimum Gasteiger partial charge on any atom is -0.361 e. The van der Waals surface area contributed by atoms with Gasteiger partial charge in [0.15, 0.2) is 0 Å². The quantitative estimate of drug-likeness (QED) is 0.262. The van der Waals surface area contributed by atoms with Gasteiger partial charge in [-0.05, 0) is 41.0 Å². The summed E-state index contributed by atoms with van der Waals surface area (Å²) in [6, 6.07) is 23.8. The lowest BCUT2D eigenvalue weighted by Gasteiger charge is -2.18. The minimum absolute atomic E-state index is 0.0891. The standard InChI is InChI=1S/C24H19N3O2/c28-24(27-29)16-7-5-6-15(12-16)23(19-13-25-21-10-3-1-8-17(19)21)20-14-26-22-11-4-2-9-18(20)22/h1-14,23,25-26,29H,(H,27,28). The lowest BCUT2D eigenvalue weighted by atomic mass is 9.84. The predicted molar refractivity (Wildman–Crippen MR) is 113 cm³/mol. The van der Waals surface area contributed by atoms with Crippen molar-refractivity contribution in [2.24, 2.45) is 0 Å². The second-order valence-electron chi connectivity index (χ2n) is 7.08. The first kappa shape index (κ1) is 17.3. The number of hydroxylamine groups is 1. The van der Waals surface area contributed by atoms with E-state index >= 15 is 0 Å². The number of carbonyl (C=O) groups is 1. The number of hydrogen-bond acceptors (Lipinski definition) is 2. The summed E-state index contributed by atoms with van der Waals surface area (Å²) >= 11 is 0. The van der Waals surface area contributed by atoms with Gasteiger partial charge in [-0.1, -0.05) is 48.5 Å². The van der Waals surface area contributed by atoms with Crippen LogP contribution >= 0.6 is 0 Å². The van der Waals surface area contributed by atoms with Gasteiger partial charge in [0.25, 0.3) is 5.91 Å². The molecule has 0 bridgehead atoms. The van der Waals surface area contributed by atoms with Crippen molar-refractivity contribution in [2.45, 2.75) is 5.92 Å². The van der Waals surface area contributed by atoms with Crippen LogP contribution in [0.3, 0.4) is 0 Å². The van der Waals surface area contributed by atoms with Crippen molar-refractivity contribution in [1.29, 1.82) is 0 Å². The molecule has 5 nitrogen and oxygen atoms in total. The highest BCUT2D eigenvalue weighted by molar-refractivity contribution is 5.94. The number of nitrogens with one attached hydrogen (secondary N) is 3. The maximum absolute atomic E-state index is 12.0. The molecule has 5 heteroatoms. The molecule has 142 valence electrons. The number of para-hydroxylation sites is 2. The summed E-state index contributed by atoms with van der Waals surface area (Å²) in [6.07, 6.45) is 4.08. The number of benzene rings is 3. The highest BCUT2D eigenvalue weighted by Gasteiger charge is 2.23. The highest BCUT2D eigenvalue weighted by atomic mass is 16.5. The molecule has 0 aliphatic heterocycles. The normalized spacial score (nSPS) is 11.4. The van der Waals surface area contributed by atoms with Crippen LogP contribution in [0.25, 0.3) is 21.8 Å². The van der Waals surface area contributed by atoms with Gasteiger partial charge in [-0.3, -0.25) is 10.0 Å². The fraction of sp³-hybridized carbons (Fsp3) is 0.0417. The Morgan fingerprint density at radius 1 is 0.793 bits per heavy atom. The Morgan fingerprint density at radius 3 is 1.97 bits per heavy atom. The van der Waals surface area contributed by atoms with Gasteiger partial charge < -0.3 is 9.97 Å². The number of hydrogen-bond donors (Lipinski definition) is 4. The van der Waals surface area contributed by atoms with Gasteiger partial charge in [0, 0.05) is 45.7 Å². The molecule has 29 heavy (non-hydrogen) atoms. The van der Waals surface area contributed by atoms with E-state index in [0.29, 0.717) is 5.56 Å².